The van der Waals surface area contributed by atoms with E-state index >= 15 is 0 Å². The fourth-order valence-corrected chi connectivity index (χ4v) is 3.07. The first kappa shape index (κ1) is 21.1. The second-order valence-electron chi connectivity index (χ2n) is 6.57. The standard InChI is InChI=1S/C20H22F2N2O2.ClH/c1-13-12-23-10-9-18(13)24-20(25)19(14-5-3-2-4-6-14)26-15-7-8-16(21)17(22)11-15;/h2-8,11,13,18-19,23H,9-10,12H2,1H3,(H,24,25);1H. The normalized spacial score (nSPS) is 20.3. The number of hydrogen-bond acceptors (Lipinski definition) is 3. The molecule has 4 nitrogen and oxygen atoms in total. The van der Waals surface area contributed by atoms with Crippen LogP contribution in [0.25, 0.3) is 0 Å². The lowest BCUT2D eigenvalue weighted by molar-refractivity contribution is -0.129. The molecule has 1 heterocycles. The molecule has 1 saturated heterocycles. The van der Waals surface area contributed by atoms with Gasteiger partial charge in [0.25, 0.3) is 5.91 Å². The van der Waals surface area contributed by atoms with Gasteiger partial charge in [-0.3, -0.25) is 4.79 Å². The molecule has 1 aliphatic heterocycles. The van der Waals surface area contributed by atoms with Gasteiger partial charge in [-0.15, -0.1) is 12.4 Å². The van der Waals surface area contributed by atoms with Gasteiger partial charge in [-0.05, 0) is 37.6 Å². The van der Waals surface area contributed by atoms with Gasteiger partial charge in [0.2, 0.25) is 6.10 Å². The van der Waals surface area contributed by atoms with Gasteiger partial charge in [-0.1, -0.05) is 37.3 Å². The van der Waals surface area contributed by atoms with Gasteiger partial charge in [0, 0.05) is 17.7 Å². The van der Waals surface area contributed by atoms with Crippen LogP contribution in [0.1, 0.15) is 25.0 Å². The molecule has 0 radical (unpaired) electrons. The van der Waals surface area contributed by atoms with E-state index in [-0.39, 0.29) is 30.1 Å². The molecule has 3 unspecified atom stereocenters. The summed E-state index contributed by atoms with van der Waals surface area (Å²) in [6.45, 7) is 3.76. The molecule has 2 N–H and O–H groups in total. The summed E-state index contributed by atoms with van der Waals surface area (Å²) in [6.07, 6.45) is -0.109. The first-order chi connectivity index (χ1) is 12.5. The molecule has 7 heteroatoms. The van der Waals surface area contributed by atoms with Crippen molar-refractivity contribution in [3.8, 4) is 5.75 Å². The fourth-order valence-electron chi connectivity index (χ4n) is 3.07. The number of carbonyl (C=O) groups excluding carboxylic acids is 1. The average Bonchev–Trinajstić information content (AvgIpc) is 2.65. The highest BCUT2D eigenvalue weighted by Gasteiger charge is 2.28. The molecule has 146 valence electrons. The summed E-state index contributed by atoms with van der Waals surface area (Å²) in [5, 5.41) is 6.33. The maximum atomic E-state index is 13.5. The molecule has 27 heavy (non-hydrogen) atoms. The van der Waals surface area contributed by atoms with Gasteiger partial charge < -0.3 is 15.4 Å². The van der Waals surface area contributed by atoms with E-state index in [1.54, 1.807) is 24.3 Å². The zero-order valence-corrected chi connectivity index (χ0v) is 15.8. The Morgan fingerprint density at radius 2 is 1.93 bits per heavy atom. The van der Waals surface area contributed by atoms with Gasteiger partial charge in [0.05, 0.1) is 0 Å². The van der Waals surface area contributed by atoms with E-state index in [4.69, 9.17) is 4.74 Å². The van der Waals surface area contributed by atoms with Crippen molar-refractivity contribution in [3.05, 3.63) is 65.7 Å². The lowest BCUT2D eigenvalue weighted by atomic mass is 9.95. The number of benzene rings is 2. The van der Waals surface area contributed by atoms with Crippen LogP contribution in [0.15, 0.2) is 48.5 Å². The van der Waals surface area contributed by atoms with Crippen LogP contribution in [0.4, 0.5) is 8.78 Å². The molecule has 0 aliphatic carbocycles. The van der Waals surface area contributed by atoms with Crippen molar-refractivity contribution >= 4 is 18.3 Å². The number of nitrogens with one attached hydrogen (secondary N) is 2. The van der Waals surface area contributed by atoms with Gasteiger partial charge >= 0.3 is 0 Å². The van der Waals surface area contributed by atoms with Crippen molar-refractivity contribution < 1.29 is 18.3 Å². The van der Waals surface area contributed by atoms with Crippen LogP contribution in [0.5, 0.6) is 5.75 Å². The number of halogens is 3. The molecule has 0 bridgehead atoms. The Bertz CT molecular complexity index is 761. The molecule has 1 aliphatic rings. The molecule has 1 amide bonds. The molecule has 0 spiro atoms. The largest absolute Gasteiger partial charge is 0.476 e. The average molecular weight is 397 g/mol. The number of carbonyl (C=O) groups is 1. The molecule has 3 atom stereocenters. The Labute approximate surface area is 163 Å². The molecular weight excluding hydrogens is 374 g/mol. The second kappa shape index (κ2) is 9.67. The van der Waals surface area contributed by atoms with E-state index in [0.29, 0.717) is 11.5 Å². The molecule has 1 fully saturated rings. The highest BCUT2D eigenvalue weighted by atomic mass is 35.5. The zero-order chi connectivity index (χ0) is 18.5. The van der Waals surface area contributed by atoms with Gasteiger partial charge in [-0.25, -0.2) is 8.78 Å². The highest BCUT2D eigenvalue weighted by molar-refractivity contribution is 5.85. The molecule has 0 aromatic heterocycles. The molecule has 2 aromatic rings. The number of ether oxygens (including phenoxy) is 1. The Kier molecular flexibility index (Phi) is 7.56. The van der Waals surface area contributed by atoms with Gasteiger partial charge in [0.1, 0.15) is 5.75 Å². The number of hydrogen-bond donors (Lipinski definition) is 2. The van der Waals surface area contributed by atoms with Crippen LogP contribution in [0, 0.1) is 17.6 Å². The lowest BCUT2D eigenvalue weighted by Gasteiger charge is -2.31. The van der Waals surface area contributed by atoms with E-state index < -0.39 is 17.7 Å². The van der Waals surface area contributed by atoms with E-state index in [9.17, 15) is 13.6 Å². The Balaban J connectivity index is 0.00000261. The summed E-state index contributed by atoms with van der Waals surface area (Å²) >= 11 is 0. The number of amides is 1. The maximum Gasteiger partial charge on any atom is 0.266 e. The maximum absolute atomic E-state index is 13.5. The van der Waals surface area contributed by atoms with Crippen LogP contribution in [-0.4, -0.2) is 25.0 Å². The predicted molar refractivity (Wildman–Crippen MR) is 102 cm³/mol. The molecule has 3 rings (SSSR count). The number of rotatable bonds is 5. The van der Waals surface area contributed by atoms with E-state index in [0.717, 1.165) is 31.6 Å². The monoisotopic (exact) mass is 396 g/mol. The topological polar surface area (TPSA) is 50.4 Å². The summed E-state index contributed by atoms with van der Waals surface area (Å²) in [5.74, 6) is -1.86. The Morgan fingerprint density at radius 3 is 2.59 bits per heavy atom. The van der Waals surface area contributed by atoms with Crippen LogP contribution in [0.3, 0.4) is 0 Å². The highest BCUT2D eigenvalue weighted by Crippen LogP contribution is 2.25. The minimum atomic E-state index is -1.01. The Morgan fingerprint density at radius 1 is 1.19 bits per heavy atom. The van der Waals surface area contributed by atoms with Crippen LogP contribution >= 0.6 is 12.4 Å². The first-order valence-corrected chi connectivity index (χ1v) is 8.72. The third kappa shape index (κ3) is 5.40. The first-order valence-electron chi connectivity index (χ1n) is 8.72. The molecule has 2 aromatic carbocycles. The summed E-state index contributed by atoms with van der Waals surface area (Å²) in [5.41, 5.74) is 0.649. The van der Waals surface area contributed by atoms with Crippen LogP contribution < -0.4 is 15.4 Å². The van der Waals surface area contributed by atoms with Crippen molar-refractivity contribution in [3.63, 3.8) is 0 Å². The predicted octanol–water partition coefficient (Wildman–Crippen LogP) is 3.62. The van der Waals surface area contributed by atoms with Gasteiger partial charge in [-0.2, -0.15) is 0 Å². The SMILES string of the molecule is CC1CNCCC1NC(=O)C(Oc1ccc(F)c(F)c1)c1ccccc1.Cl. The van der Waals surface area contributed by atoms with E-state index in [1.165, 1.54) is 6.07 Å². The summed E-state index contributed by atoms with van der Waals surface area (Å²) in [6, 6.07) is 12.3. The van der Waals surface area contributed by atoms with Crippen molar-refractivity contribution in [2.45, 2.75) is 25.5 Å². The third-order valence-electron chi connectivity index (χ3n) is 4.60. The van der Waals surface area contributed by atoms with Crippen molar-refractivity contribution in [1.29, 1.82) is 0 Å². The minimum Gasteiger partial charge on any atom is -0.476 e. The smallest absolute Gasteiger partial charge is 0.266 e. The summed E-state index contributed by atoms with van der Waals surface area (Å²) < 4.78 is 32.4. The van der Waals surface area contributed by atoms with E-state index in [1.807, 2.05) is 6.07 Å². The lowest BCUT2D eigenvalue weighted by Crippen LogP contribution is -2.50. The zero-order valence-electron chi connectivity index (χ0n) is 15.0. The fraction of sp³-hybridized carbons (Fsp3) is 0.350. The van der Waals surface area contributed by atoms with Gasteiger partial charge in [0.15, 0.2) is 11.6 Å². The number of piperidine rings is 1. The van der Waals surface area contributed by atoms with E-state index in [2.05, 4.69) is 17.6 Å². The quantitative estimate of drug-likeness (QED) is 0.811. The van der Waals surface area contributed by atoms with Crippen molar-refractivity contribution in [1.82, 2.24) is 10.6 Å². The van der Waals surface area contributed by atoms with Crippen molar-refractivity contribution in [2.24, 2.45) is 5.92 Å². The Hall–Kier alpha value is -2.18. The van der Waals surface area contributed by atoms with Crippen LogP contribution in [0.2, 0.25) is 0 Å². The molecule has 0 saturated carbocycles. The third-order valence-corrected chi connectivity index (χ3v) is 4.60. The minimum absolute atomic E-state index is 0. The second-order valence-corrected chi connectivity index (χ2v) is 6.57. The summed E-state index contributed by atoms with van der Waals surface area (Å²) in [7, 11) is 0. The summed E-state index contributed by atoms with van der Waals surface area (Å²) in [4.78, 5) is 12.9. The van der Waals surface area contributed by atoms with Crippen LogP contribution in [-0.2, 0) is 4.79 Å². The molecular formula is C20H23ClF2N2O2. The van der Waals surface area contributed by atoms with Crippen molar-refractivity contribution in [2.75, 3.05) is 13.1 Å².